The SMILES string of the molecule is COc1ccc(OC)c2sc(NC(=O)CSc3ccc(F)cc3)nc12. The summed E-state index contributed by atoms with van der Waals surface area (Å²) >= 11 is 2.65. The molecule has 0 aliphatic heterocycles. The molecule has 0 unspecified atom stereocenters. The van der Waals surface area contributed by atoms with Crippen molar-refractivity contribution < 1.29 is 18.7 Å². The van der Waals surface area contributed by atoms with Gasteiger partial charge in [-0.25, -0.2) is 9.37 Å². The van der Waals surface area contributed by atoms with Crippen LogP contribution in [0.5, 0.6) is 11.5 Å². The predicted molar refractivity (Wildman–Crippen MR) is 98.5 cm³/mol. The maximum atomic E-state index is 12.9. The first-order valence-electron chi connectivity index (χ1n) is 7.30. The molecule has 0 atom stereocenters. The van der Waals surface area contributed by atoms with Crippen LogP contribution in [0.15, 0.2) is 41.3 Å². The second-order valence-electron chi connectivity index (χ2n) is 4.96. The lowest BCUT2D eigenvalue weighted by atomic mass is 10.3. The van der Waals surface area contributed by atoms with Gasteiger partial charge in [0, 0.05) is 4.90 Å². The summed E-state index contributed by atoms with van der Waals surface area (Å²) in [5, 5.41) is 3.25. The summed E-state index contributed by atoms with van der Waals surface area (Å²) in [6.45, 7) is 0. The number of fused-ring (bicyclic) bond motifs is 1. The number of amides is 1. The summed E-state index contributed by atoms with van der Waals surface area (Å²) in [4.78, 5) is 17.4. The number of aromatic nitrogens is 1. The van der Waals surface area contributed by atoms with Crippen molar-refractivity contribution >= 4 is 44.4 Å². The van der Waals surface area contributed by atoms with Gasteiger partial charge in [0.05, 0.1) is 20.0 Å². The largest absolute Gasteiger partial charge is 0.495 e. The van der Waals surface area contributed by atoms with Crippen LogP contribution in [0.3, 0.4) is 0 Å². The number of benzene rings is 2. The van der Waals surface area contributed by atoms with Gasteiger partial charge in [-0.2, -0.15) is 0 Å². The highest BCUT2D eigenvalue weighted by molar-refractivity contribution is 8.00. The van der Waals surface area contributed by atoms with E-state index >= 15 is 0 Å². The number of thiazole rings is 1. The smallest absolute Gasteiger partial charge is 0.236 e. The molecule has 0 bridgehead atoms. The van der Waals surface area contributed by atoms with Crippen molar-refractivity contribution in [1.82, 2.24) is 4.98 Å². The fourth-order valence-electron chi connectivity index (χ4n) is 2.17. The number of hydrogen-bond donors (Lipinski definition) is 1. The fourth-order valence-corrected chi connectivity index (χ4v) is 3.86. The van der Waals surface area contributed by atoms with E-state index in [4.69, 9.17) is 9.47 Å². The Balaban J connectivity index is 1.71. The topological polar surface area (TPSA) is 60.5 Å². The normalized spacial score (nSPS) is 10.7. The van der Waals surface area contributed by atoms with Crippen molar-refractivity contribution in [2.24, 2.45) is 0 Å². The van der Waals surface area contributed by atoms with Crippen LogP contribution in [0.2, 0.25) is 0 Å². The maximum Gasteiger partial charge on any atom is 0.236 e. The van der Waals surface area contributed by atoms with Crippen LogP contribution in [0.1, 0.15) is 0 Å². The van der Waals surface area contributed by atoms with E-state index in [1.807, 2.05) is 0 Å². The van der Waals surface area contributed by atoms with E-state index in [1.165, 1.54) is 35.2 Å². The lowest BCUT2D eigenvalue weighted by molar-refractivity contribution is -0.113. The third-order valence-electron chi connectivity index (χ3n) is 3.34. The zero-order valence-corrected chi connectivity index (χ0v) is 15.2. The molecule has 1 heterocycles. The highest BCUT2D eigenvalue weighted by Crippen LogP contribution is 2.38. The molecular weight excluding hydrogens is 363 g/mol. The Morgan fingerprint density at radius 2 is 1.84 bits per heavy atom. The minimum atomic E-state index is -0.300. The number of halogens is 1. The number of thioether (sulfide) groups is 1. The number of carbonyl (C=O) groups is 1. The quantitative estimate of drug-likeness (QED) is 0.652. The van der Waals surface area contributed by atoms with Crippen molar-refractivity contribution in [2.45, 2.75) is 4.90 Å². The molecule has 0 radical (unpaired) electrons. The molecule has 2 aromatic carbocycles. The Hall–Kier alpha value is -2.32. The summed E-state index contributed by atoms with van der Waals surface area (Å²) in [7, 11) is 3.15. The van der Waals surface area contributed by atoms with E-state index in [1.54, 1.807) is 38.5 Å². The molecule has 1 aromatic heterocycles. The van der Waals surface area contributed by atoms with E-state index in [2.05, 4.69) is 10.3 Å². The monoisotopic (exact) mass is 378 g/mol. The summed E-state index contributed by atoms with van der Waals surface area (Å²) in [5.41, 5.74) is 0.647. The van der Waals surface area contributed by atoms with Crippen LogP contribution in [0.25, 0.3) is 10.2 Å². The fraction of sp³-hybridized carbons (Fsp3) is 0.176. The standard InChI is InChI=1S/C17H15FN2O3S2/c1-22-12-7-8-13(23-2)16-15(12)20-17(25-16)19-14(21)9-24-11-5-3-10(18)4-6-11/h3-8H,9H2,1-2H3,(H,19,20,21). The number of hydrogen-bond acceptors (Lipinski definition) is 6. The van der Waals surface area contributed by atoms with Gasteiger partial charge in [-0.3, -0.25) is 4.79 Å². The molecule has 8 heteroatoms. The highest BCUT2D eigenvalue weighted by Gasteiger charge is 2.15. The minimum absolute atomic E-state index is 0.189. The van der Waals surface area contributed by atoms with Crippen LogP contribution >= 0.6 is 23.1 Å². The predicted octanol–water partition coefficient (Wildman–Crippen LogP) is 4.18. The molecule has 130 valence electrons. The first-order valence-corrected chi connectivity index (χ1v) is 9.10. The third kappa shape index (κ3) is 4.02. The van der Waals surface area contributed by atoms with E-state index in [0.717, 1.165) is 9.60 Å². The molecule has 1 N–H and O–H groups in total. The molecule has 0 spiro atoms. The van der Waals surface area contributed by atoms with E-state index < -0.39 is 0 Å². The van der Waals surface area contributed by atoms with Crippen molar-refractivity contribution in [3.05, 3.63) is 42.2 Å². The van der Waals surface area contributed by atoms with Crippen molar-refractivity contribution in [1.29, 1.82) is 0 Å². The second-order valence-corrected chi connectivity index (χ2v) is 7.01. The first-order chi connectivity index (χ1) is 12.1. The van der Waals surface area contributed by atoms with E-state index in [-0.39, 0.29) is 17.5 Å². The lowest BCUT2D eigenvalue weighted by Crippen LogP contribution is -2.13. The number of ether oxygens (including phenoxy) is 2. The van der Waals surface area contributed by atoms with E-state index in [0.29, 0.717) is 22.1 Å². The summed E-state index contributed by atoms with van der Waals surface area (Å²) in [5.74, 6) is 1.01. The van der Waals surface area contributed by atoms with Gasteiger partial charge in [-0.1, -0.05) is 11.3 Å². The van der Waals surface area contributed by atoms with Gasteiger partial charge >= 0.3 is 0 Å². The zero-order valence-electron chi connectivity index (χ0n) is 13.5. The Morgan fingerprint density at radius 1 is 1.16 bits per heavy atom. The van der Waals surface area contributed by atoms with Gasteiger partial charge in [0.15, 0.2) is 5.13 Å². The van der Waals surface area contributed by atoms with Crippen LogP contribution < -0.4 is 14.8 Å². The molecule has 1 amide bonds. The summed E-state index contributed by atoms with van der Waals surface area (Å²) < 4.78 is 24.3. The van der Waals surface area contributed by atoms with Gasteiger partial charge in [-0.15, -0.1) is 11.8 Å². The molecule has 5 nitrogen and oxygen atoms in total. The van der Waals surface area contributed by atoms with Crippen molar-refractivity contribution in [2.75, 3.05) is 25.3 Å². The van der Waals surface area contributed by atoms with E-state index in [9.17, 15) is 9.18 Å². The number of methoxy groups -OCH3 is 2. The van der Waals surface area contributed by atoms with Crippen LogP contribution in [0, 0.1) is 5.82 Å². The molecular formula is C17H15FN2O3S2. The van der Waals surface area contributed by atoms with Gasteiger partial charge in [0.1, 0.15) is 27.5 Å². The maximum absolute atomic E-state index is 12.9. The summed E-state index contributed by atoms with van der Waals surface area (Å²) in [6, 6.07) is 9.59. The summed E-state index contributed by atoms with van der Waals surface area (Å²) in [6.07, 6.45) is 0. The van der Waals surface area contributed by atoms with Gasteiger partial charge in [0.25, 0.3) is 0 Å². The van der Waals surface area contributed by atoms with Gasteiger partial charge < -0.3 is 14.8 Å². The van der Waals surface area contributed by atoms with Gasteiger partial charge in [-0.05, 0) is 36.4 Å². The number of nitrogens with one attached hydrogen (secondary N) is 1. The Morgan fingerprint density at radius 3 is 2.52 bits per heavy atom. The Labute approximate surface area is 152 Å². The second kappa shape index (κ2) is 7.71. The molecule has 3 rings (SSSR count). The molecule has 25 heavy (non-hydrogen) atoms. The molecule has 0 saturated heterocycles. The van der Waals surface area contributed by atoms with Crippen molar-refractivity contribution in [3.63, 3.8) is 0 Å². The average molecular weight is 378 g/mol. The number of carbonyl (C=O) groups excluding carboxylic acids is 1. The zero-order chi connectivity index (χ0) is 17.8. The van der Waals surface area contributed by atoms with Gasteiger partial charge in [0.2, 0.25) is 5.91 Å². The number of anilines is 1. The number of nitrogens with zero attached hydrogens (tertiary/aromatic N) is 1. The minimum Gasteiger partial charge on any atom is -0.495 e. The van der Waals surface area contributed by atoms with Crippen LogP contribution in [0.4, 0.5) is 9.52 Å². The third-order valence-corrected chi connectivity index (χ3v) is 5.34. The molecule has 0 aliphatic carbocycles. The van der Waals surface area contributed by atoms with Crippen LogP contribution in [-0.4, -0.2) is 30.9 Å². The Kier molecular flexibility index (Phi) is 5.40. The van der Waals surface area contributed by atoms with Crippen molar-refractivity contribution in [3.8, 4) is 11.5 Å². The Bertz CT molecular complexity index is 856. The molecule has 0 fully saturated rings. The lowest BCUT2D eigenvalue weighted by Gasteiger charge is -2.03. The first kappa shape index (κ1) is 17.5. The number of rotatable bonds is 6. The highest BCUT2D eigenvalue weighted by atomic mass is 32.2. The average Bonchev–Trinajstić information content (AvgIpc) is 3.03. The molecule has 0 saturated carbocycles. The molecule has 0 aliphatic rings. The molecule has 3 aromatic rings. The van der Waals surface area contributed by atoms with Crippen LogP contribution in [-0.2, 0) is 4.79 Å².